The Kier molecular flexibility index (Phi) is 2.50. The van der Waals surface area contributed by atoms with E-state index in [-0.39, 0.29) is 10.8 Å². The molecule has 0 aliphatic heterocycles. The van der Waals surface area contributed by atoms with Crippen LogP contribution in [0.15, 0.2) is 48.5 Å². The Hall–Kier alpha value is -1.76. The molecule has 1 aliphatic carbocycles. The summed E-state index contributed by atoms with van der Waals surface area (Å²) in [6.07, 6.45) is 1.10. The number of nitrogens with two attached hydrogens (primary N) is 1. The van der Waals surface area contributed by atoms with E-state index in [0.717, 1.165) is 12.1 Å². The fourth-order valence-corrected chi connectivity index (χ4v) is 3.50. The van der Waals surface area contributed by atoms with E-state index in [1.165, 1.54) is 16.7 Å². The molecule has 0 fully saturated rings. The first kappa shape index (κ1) is 12.3. The van der Waals surface area contributed by atoms with Crippen molar-refractivity contribution in [2.75, 3.05) is 5.73 Å². The van der Waals surface area contributed by atoms with Gasteiger partial charge in [0.15, 0.2) is 0 Å². The fraction of sp³-hybridized carbons (Fsp3) is 0.333. The monoisotopic (exact) mass is 251 g/mol. The highest BCUT2D eigenvalue weighted by Crippen LogP contribution is 2.52. The molecular formula is C18H21N. The highest BCUT2D eigenvalue weighted by Gasteiger charge is 2.49. The number of anilines is 1. The Morgan fingerprint density at radius 2 is 1.53 bits per heavy atom. The van der Waals surface area contributed by atoms with Crippen molar-refractivity contribution < 1.29 is 0 Å². The van der Waals surface area contributed by atoms with Gasteiger partial charge in [0.1, 0.15) is 0 Å². The van der Waals surface area contributed by atoms with Crippen LogP contribution in [0.2, 0.25) is 0 Å². The molecule has 3 rings (SSSR count). The molecule has 1 nitrogen and oxygen atoms in total. The second-order valence-corrected chi connectivity index (χ2v) is 6.41. The summed E-state index contributed by atoms with van der Waals surface area (Å²) < 4.78 is 0. The molecule has 19 heavy (non-hydrogen) atoms. The normalized spacial score (nSPS) is 24.2. The Bertz CT molecular complexity index is 610. The van der Waals surface area contributed by atoms with E-state index >= 15 is 0 Å². The molecule has 2 aromatic carbocycles. The summed E-state index contributed by atoms with van der Waals surface area (Å²) in [5.74, 6) is 0. The first-order valence-corrected chi connectivity index (χ1v) is 6.89. The molecule has 0 amide bonds. The summed E-state index contributed by atoms with van der Waals surface area (Å²) >= 11 is 0. The van der Waals surface area contributed by atoms with E-state index < -0.39 is 0 Å². The third-order valence-corrected chi connectivity index (χ3v) is 5.16. The van der Waals surface area contributed by atoms with Gasteiger partial charge in [-0.25, -0.2) is 0 Å². The van der Waals surface area contributed by atoms with E-state index in [2.05, 4.69) is 57.2 Å². The van der Waals surface area contributed by atoms with Crippen LogP contribution in [-0.4, -0.2) is 0 Å². The van der Waals surface area contributed by atoms with Crippen LogP contribution in [-0.2, 0) is 17.3 Å². The maximum atomic E-state index is 5.82. The molecule has 2 N–H and O–H groups in total. The van der Waals surface area contributed by atoms with Crippen molar-refractivity contribution in [3.63, 3.8) is 0 Å². The number of nitrogen functional groups attached to an aromatic ring is 1. The summed E-state index contributed by atoms with van der Waals surface area (Å²) in [4.78, 5) is 0. The Morgan fingerprint density at radius 1 is 0.895 bits per heavy atom. The molecule has 1 aliphatic rings. The van der Waals surface area contributed by atoms with Crippen molar-refractivity contribution in [3.05, 3.63) is 65.2 Å². The van der Waals surface area contributed by atoms with Gasteiger partial charge in [-0.3, -0.25) is 0 Å². The summed E-state index contributed by atoms with van der Waals surface area (Å²) in [6.45, 7) is 7.09. The molecule has 0 radical (unpaired) electrons. The van der Waals surface area contributed by atoms with E-state index in [1.54, 1.807) is 0 Å². The van der Waals surface area contributed by atoms with Crippen LogP contribution in [0, 0.1) is 0 Å². The van der Waals surface area contributed by atoms with Crippen molar-refractivity contribution in [2.45, 2.75) is 38.0 Å². The smallest absolute Gasteiger partial charge is 0.0314 e. The first-order chi connectivity index (χ1) is 8.95. The van der Waals surface area contributed by atoms with Gasteiger partial charge in [0, 0.05) is 11.1 Å². The lowest BCUT2D eigenvalue weighted by Gasteiger charge is -2.39. The maximum absolute atomic E-state index is 5.82. The highest BCUT2D eigenvalue weighted by atomic mass is 14.6. The highest BCUT2D eigenvalue weighted by molar-refractivity contribution is 5.51. The summed E-state index contributed by atoms with van der Waals surface area (Å²) in [5, 5.41) is 0. The number of fused-ring (bicyclic) bond motifs is 1. The van der Waals surface area contributed by atoms with Crippen LogP contribution in [0.4, 0.5) is 5.69 Å². The number of benzene rings is 2. The second kappa shape index (κ2) is 3.86. The molecule has 0 spiro atoms. The van der Waals surface area contributed by atoms with Crippen molar-refractivity contribution in [3.8, 4) is 0 Å². The summed E-state index contributed by atoms with van der Waals surface area (Å²) in [6, 6.07) is 17.2. The van der Waals surface area contributed by atoms with Crippen molar-refractivity contribution in [1.82, 2.24) is 0 Å². The molecule has 98 valence electrons. The van der Waals surface area contributed by atoms with Gasteiger partial charge in [0.05, 0.1) is 0 Å². The van der Waals surface area contributed by atoms with Crippen LogP contribution >= 0.6 is 0 Å². The molecule has 2 aromatic rings. The molecule has 0 saturated carbocycles. The second-order valence-electron chi connectivity index (χ2n) is 6.41. The molecule has 0 bridgehead atoms. The van der Waals surface area contributed by atoms with Gasteiger partial charge >= 0.3 is 0 Å². The van der Waals surface area contributed by atoms with Gasteiger partial charge in [-0.05, 0) is 40.7 Å². The molecule has 0 saturated heterocycles. The predicted octanol–water partition coefficient (Wildman–Crippen LogP) is 4.06. The Labute approximate surface area is 115 Å². The topological polar surface area (TPSA) is 26.0 Å². The number of rotatable bonds is 1. The van der Waals surface area contributed by atoms with Crippen molar-refractivity contribution in [1.29, 1.82) is 0 Å². The van der Waals surface area contributed by atoms with Crippen LogP contribution in [0.25, 0.3) is 0 Å². The summed E-state index contributed by atoms with van der Waals surface area (Å²) in [5.41, 5.74) is 11.3. The lowest BCUT2D eigenvalue weighted by molar-refractivity contribution is 0.306. The average molecular weight is 251 g/mol. The Balaban J connectivity index is 2.14. The van der Waals surface area contributed by atoms with E-state index in [4.69, 9.17) is 5.73 Å². The maximum Gasteiger partial charge on any atom is 0.0314 e. The van der Waals surface area contributed by atoms with E-state index in [1.807, 2.05) is 12.1 Å². The lowest BCUT2D eigenvalue weighted by Crippen LogP contribution is -2.39. The zero-order chi connectivity index (χ0) is 13.7. The van der Waals surface area contributed by atoms with Gasteiger partial charge in [0.2, 0.25) is 0 Å². The predicted molar refractivity (Wildman–Crippen MR) is 81.4 cm³/mol. The summed E-state index contributed by atoms with van der Waals surface area (Å²) in [7, 11) is 0. The number of hydrogen-bond donors (Lipinski definition) is 1. The fourth-order valence-electron chi connectivity index (χ4n) is 3.50. The first-order valence-electron chi connectivity index (χ1n) is 6.89. The van der Waals surface area contributed by atoms with Crippen LogP contribution in [0.1, 0.15) is 37.5 Å². The van der Waals surface area contributed by atoms with Crippen molar-refractivity contribution >= 4 is 5.69 Å². The minimum atomic E-state index is 0.129. The molecule has 1 unspecified atom stereocenters. The average Bonchev–Trinajstić information content (AvgIpc) is 2.59. The molecular weight excluding hydrogens is 230 g/mol. The third kappa shape index (κ3) is 1.61. The number of hydrogen-bond acceptors (Lipinski definition) is 1. The van der Waals surface area contributed by atoms with Crippen molar-refractivity contribution in [2.24, 2.45) is 0 Å². The van der Waals surface area contributed by atoms with Gasteiger partial charge in [-0.1, -0.05) is 57.2 Å². The minimum absolute atomic E-state index is 0.129. The standard InChI is InChI=1S/C18H21N/c1-17(2)16-7-5-4-6-13(16)12-18(17,3)14-8-10-15(19)11-9-14/h4-11H,12,19H2,1-3H3. The molecule has 0 heterocycles. The van der Waals surface area contributed by atoms with Gasteiger partial charge in [0.25, 0.3) is 0 Å². The SMILES string of the molecule is CC1(C)c2ccccc2CC1(C)c1ccc(N)cc1. The molecule has 1 heteroatoms. The third-order valence-electron chi connectivity index (χ3n) is 5.16. The zero-order valence-corrected chi connectivity index (χ0v) is 11.9. The zero-order valence-electron chi connectivity index (χ0n) is 11.9. The molecule has 1 atom stereocenters. The van der Waals surface area contributed by atoms with E-state index in [0.29, 0.717) is 0 Å². The molecule has 0 aromatic heterocycles. The largest absolute Gasteiger partial charge is 0.399 e. The van der Waals surface area contributed by atoms with Gasteiger partial charge in [-0.2, -0.15) is 0 Å². The van der Waals surface area contributed by atoms with Gasteiger partial charge < -0.3 is 5.73 Å². The quantitative estimate of drug-likeness (QED) is 0.760. The van der Waals surface area contributed by atoms with E-state index in [9.17, 15) is 0 Å². The lowest BCUT2D eigenvalue weighted by atomic mass is 9.63. The van der Waals surface area contributed by atoms with Crippen LogP contribution in [0.3, 0.4) is 0 Å². The van der Waals surface area contributed by atoms with Crippen LogP contribution < -0.4 is 5.73 Å². The van der Waals surface area contributed by atoms with Gasteiger partial charge in [-0.15, -0.1) is 0 Å². The van der Waals surface area contributed by atoms with Crippen LogP contribution in [0.5, 0.6) is 0 Å². The minimum Gasteiger partial charge on any atom is -0.399 e. The Morgan fingerprint density at radius 3 is 2.16 bits per heavy atom.